The number of halogens is 1. The number of hydrogen-bond donors (Lipinski definition) is 1. The van der Waals surface area contributed by atoms with Crippen molar-refractivity contribution >= 4 is 5.69 Å². The molecule has 0 heterocycles. The third kappa shape index (κ3) is 3.41. The minimum Gasteiger partial charge on any atom is -0.491 e. The van der Waals surface area contributed by atoms with Crippen LogP contribution >= 0.6 is 0 Å². The van der Waals surface area contributed by atoms with Crippen LogP contribution in [0.5, 0.6) is 17.2 Å². The minimum absolute atomic E-state index is 0.248. The first-order valence-electron chi connectivity index (χ1n) is 6.56. The zero-order chi connectivity index (χ0) is 14.5. The van der Waals surface area contributed by atoms with Crippen molar-refractivity contribution in [3.63, 3.8) is 0 Å². The molecule has 20 heavy (non-hydrogen) atoms. The molecule has 4 heteroatoms. The standard InChI is InChI=1S/C16H18FNO2/c1-3-8-19-16-10-13(5-7-15(16)18)20-12-4-6-14(17)11(2)9-12/h4-7,9-10H,3,8,18H2,1-2H3. The van der Waals surface area contributed by atoms with E-state index < -0.39 is 0 Å². The van der Waals surface area contributed by atoms with Gasteiger partial charge in [-0.3, -0.25) is 0 Å². The van der Waals surface area contributed by atoms with Crippen molar-refractivity contribution in [2.45, 2.75) is 20.3 Å². The highest BCUT2D eigenvalue weighted by Gasteiger charge is 2.05. The van der Waals surface area contributed by atoms with Crippen molar-refractivity contribution in [3.8, 4) is 17.2 Å². The highest BCUT2D eigenvalue weighted by Crippen LogP contribution is 2.30. The second-order valence-corrected chi connectivity index (χ2v) is 4.56. The fraction of sp³-hybridized carbons (Fsp3) is 0.250. The average Bonchev–Trinajstić information content (AvgIpc) is 2.43. The molecule has 106 valence electrons. The van der Waals surface area contributed by atoms with Crippen LogP contribution in [-0.2, 0) is 0 Å². The highest BCUT2D eigenvalue weighted by atomic mass is 19.1. The molecule has 2 aromatic rings. The van der Waals surface area contributed by atoms with Crippen molar-refractivity contribution in [2.24, 2.45) is 0 Å². The van der Waals surface area contributed by atoms with Gasteiger partial charge in [0, 0.05) is 6.07 Å². The third-order valence-corrected chi connectivity index (χ3v) is 2.81. The molecule has 2 N–H and O–H groups in total. The maximum Gasteiger partial charge on any atom is 0.145 e. The van der Waals surface area contributed by atoms with E-state index in [-0.39, 0.29) is 5.82 Å². The molecule has 0 aromatic heterocycles. The summed E-state index contributed by atoms with van der Waals surface area (Å²) in [7, 11) is 0. The Morgan fingerprint density at radius 3 is 2.50 bits per heavy atom. The lowest BCUT2D eigenvalue weighted by molar-refractivity contribution is 0.317. The summed E-state index contributed by atoms with van der Waals surface area (Å²) in [5.74, 6) is 1.54. The van der Waals surface area contributed by atoms with Gasteiger partial charge in [0.15, 0.2) is 0 Å². The van der Waals surface area contributed by atoms with Gasteiger partial charge >= 0.3 is 0 Å². The van der Waals surface area contributed by atoms with Crippen LogP contribution in [0.4, 0.5) is 10.1 Å². The first-order chi connectivity index (χ1) is 9.60. The fourth-order valence-electron chi connectivity index (χ4n) is 1.73. The molecule has 2 aromatic carbocycles. The van der Waals surface area contributed by atoms with Crippen molar-refractivity contribution in [2.75, 3.05) is 12.3 Å². The lowest BCUT2D eigenvalue weighted by Gasteiger charge is -2.11. The molecule has 3 nitrogen and oxygen atoms in total. The summed E-state index contributed by atoms with van der Waals surface area (Å²) in [6, 6.07) is 9.85. The topological polar surface area (TPSA) is 44.5 Å². The predicted molar refractivity (Wildman–Crippen MR) is 77.9 cm³/mol. The molecule has 0 unspecified atom stereocenters. The predicted octanol–water partition coefficient (Wildman–Crippen LogP) is 4.30. The zero-order valence-electron chi connectivity index (χ0n) is 11.7. The van der Waals surface area contributed by atoms with Crippen molar-refractivity contribution in [1.82, 2.24) is 0 Å². The van der Waals surface area contributed by atoms with Gasteiger partial charge < -0.3 is 15.2 Å². The number of benzene rings is 2. The molecule has 0 aliphatic carbocycles. The zero-order valence-corrected chi connectivity index (χ0v) is 11.7. The summed E-state index contributed by atoms with van der Waals surface area (Å²) in [4.78, 5) is 0. The molecule has 0 amide bonds. The highest BCUT2D eigenvalue weighted by molar-refractivity contribution is 5.56. The third-order valence-electron chi connectivity index (χ3n) is 2.81. The summed E-state index contributed by atoms with van der Waals surface area (Å²) >= 11 is 0. The second-order valence-electron chi connectivity index (χ2n) is 4.56. The lowest BCUT2D eigenvalue weighted by atomic mass is 10.2. The summed E-state index contributed by atoms with van der Waals surface area (Å²) in [5, 5.41) is 0. The number of nitrogens with two attached hydrogens (primary N) is 1. The van der Waals surface area contributed by atoms with Crippen LogP contribution in [0.1, 0.15) is 18.9 Å². The van der Waals surface area contributed by atoms with Gasteiger partial charge in [0.05, 0.1) is 12.3 Å². The molecule has 0 saturated heterocycles. The molecule has 0 saturated carbocycles. The second kappa shape index (κ2) is 6.28. The number of nitrogen functional groups attached to an aromatic ring is 1. The number of anilines is 1. The average molecular weight is 275 g/mol. The van der Waals surface area contributed by atoms with Crippen LogP contribution in [0, 0.1) is 12.7 Å². The van der Waals surface area contributed by atoms with Crippen LogP contribution < -0.4 is 15.2 Å². The molecule has 0 spiro atoms. The number of ether oxygens (including phenoxy) is 2. The van der Waals surface area contributed by atoms with Gasteiger partial charge in [-0.25, -0.2) is 4.39 Å². The molecule has 0 bridgehead atoms. The van der Waals surface area contributed by atoms with E-state index in [9.17, 15) is 4.39 Å². The summed E-state index contributed by atoms with van der Waals surface area (Å²) in [6.45, 7) is 4.32. The Hall–Kier alpha value is -2.23. The van der Waals surface area contributed by atoms with Crippen molar-refractivity contribution in [1.29, 1.82) is 0 Å². The van der Waals surface area contributed by atoms with E-state index in [2.05, 4.69) is 0 Å². The Kier molecular flexibility index (Phi) is 4.45. The molecular weight excluding hydrogens is 257 g/mol. The summed E-state index contributed by atoms with van der Waals surface area (Å²) < 4.78 is 24.4. The van der Waals surface area contributed by atoms with Crippen molar-refractivity contribution in [3.05, 3.63) is 47.8 Å². The van der Waals surface area contributed by atoms with Crippen LogP contribution in [0.25, 0.3) is 0 Å². The van der Waals surface area contributed by atoms with Gasteiger partial charge in [-0.15, -0.1) is 0 Å². The molecule has 0 aliphatic rings. The van der Waals surface area contributed by atoms with E-state index in [1.54, 1.807) is 37.3 Å². The SMILES string of the molecule is CCCOc1cc(Oc2ccc(F)c(C)c2)ccc1N. The Labute approximate surface area is 118 Å². The Bertz CT molecular complexity index is 599. The van der Waals surface area contributed by atoms with Gasteiger partial charge in [-0.05, 0) is 49.2 Å². The first-order valence-corrected chi connectivity index (χ1v) is 6.56. The normalized spacial score (nSPS) is 10.3. The van der Waals surface area contributed by atoms with Gasteiger partial charge in [0.2, 0.25) is 0 Å². The Morgan fingerprint density at radius 2 is 1.80 bits per heavy atom. The van der Waals surface area contributed by atoms with E-state index in [0.717, 1.165) is 6.42 Å². The monoisotopic (exact) mass is 275 g/mol. The van der Waals surface area contributed by atoms with Crippen LogP contribution in [0.3, 0.4) is 0 Å². The molecule has 0 atom stereocenters. The molecule has 2 rings (SSSR count). The van der Waals surface area contributed by atoms with Crippen LogP contribution in [-0.4, -0.2) is 6.61 Å². The molecule has 0 radical (unpaired) electrons. The largest absolute Gasteiger partial charge is 0.491 e. The van der Waals surface area contributed by atoms with E-state index in [1.165, 1.54) is 6.07 Å². The van der Waals surface area contributed by atoms with Gasteiger partial charge in [-0.2, -0.15) is 0 Å². The van der Waals surface area contributed by atoms with Gasteiger partial charge in [-0.1, -0.05) is 6.92 Å². The maximum absolute atomic E-state index is 13.2. The van der Waals surface area contributed by atoms with Gasteiger partial charge in [0.25, 0.3) is 0 Å². The molecule has 0 fully saturated rings. The molecule has 0 aliphatic heterocycles. The quantitative estimate of drug-likeness (QED) is 0.827. The number of hydrogen-bond acceptors (Lipinski definition) is 3. The van der Waals surface area contributed by atoms with Crippen LogP contribution in [0.15, 0.2) is 36.4 Å². The lowest BCUT2D eigenvalue weighted by Crippen LogP contribution is -1.99. The summed E-state index contributed by atoms with van der Waals surface area (Å²) in [5.41, 5.74) is 6.95. The van der Waals surface area contributed by atoms with E-state index in [1.807, 2.05) is 6.92 Å². The first kappa shape index (κ1) is 14.2. The Balaban J connectivity index is 2.18. The van der Waals surface area contributed by atoms with E-state index >= 15 is 0 Å². The van der Waals surface area contributed by atoms with E-state index in [0.29, 0.717) is 35.1 Å². The van der Waals surface area contributed by atoms with E-state index in [4.69, 9.17) is 15.2 Å². The Morgan fingerprint density at radius 1 is 1.10 bits per heavy atom. The fourth-order valence-corrected chi connectivity index (χ4v) is 1.73. The molecular formula is C16H18FNO2. The smallest absolute Gasteiger partial charge is 0.145 e. The van der Waals surface area contributed by atoms with Gasteiger partial charge in [0.1, 0.15) is 23.1 Å². The minimum atomic E-state index is -0.248. The van der Waals surface area contributed by atoms with Crippen molar-refractivity contribution < 1.29 is 13.9 Å². The maximum atomic E-state index is 13.2. The number of aryl methyl sites for hydroxylation is 1. The van der Waals surface area contributed by atoms with Crippen LogP contribution in [0.2, 0.25) is 0 Å². The summed E-state index contributed by atoms with van der Waals surface area (Å²) in [6.07, 6.45) is 0.904. The number of rotatable bonds is 5.